The topological polar surface area (TPSA) is 54.0 Å². The standard InChI is InChI=1S/C16H28O5Si/c1-9-11-10(2)16(5,21-22(6,7)8)20-14-12(11)13(17)18-15(3,4)19-14/h10-11H,9H2,1-8H3. The smallest absolute Gasteiger partial charge is 0.344 e. The van der Waals surface area contributed by atoms with Crippen molar-refractivity contribution in [3.8, 4) is 0 Å². The van der Waals surface area contributed by atoms with E-state index in [2.05, 4.69) is 33.5 Å². The quantitative estimate of drug-likeness (QED) is 0.583. The van der Waals surface area contributed by atoms with Crippen LogP contribution < -0.4 is 0 Å². The van der Waals surface area contributed by atoms with Gasteiger partial charge in [0.2, 0.25) is 5.79 Å². The third-order valence-corrected chi connectivity index (χ3v) is 5.18. The summed E-state index contributed by atoms with van der Waals surface area (Å²) >= 11 is 0. The second-order valence-corrected chi connectivity index (χ2v) is 12.2. The van der Waals surface area contributed by atoms with Crippen molar-refractivity contribution >= 4 is 14.3 Å². The molecule has 0 aliphatic carbocycles. The maximum Gasteiger partial charge on any atom is 0.344 e. The second kappa shape index (κ2) is 5.27. The molecule has 0 radical (unpaired) electrons. The number of carbonyl (C=O) groups excluding carboxylic acids is 1. The molecular weight excluding hydrogens is 300 g/mol. The third kappa shape index (κ3) is 3.17. The molecule has 3 atom stereocenters. The van der Waals surface area contributed by atoms with Crippen molar-refractivity contribution in [1.29, 1.82) is 0 Å². The van der Waals surface area contributed by atoms with Gasteiger partial charge in [-0.1, -0.05) is 13.8 Å². The molecule has 22 heavy (non-hydrogen) atoms. The molecule has 0 saturated heterocycles. The first-order chi connectivity index (χ1) is 9.88. The Morgan fingerprint density at radius 2 is 1.73 bits per heavy atom. The Balaban J connectivity index is 2.45. The molecule has 0 aromatic carbocycles. The highest BCUT2D eigenvalue weighted by Crippen LogP contribution is 2.47. The first-order valence-electron chi connectivity index (χ1n) is 7.94. The van der Waals surface area contributed by atoms with E-state index in [0.29, 0.717) is 5.57 Å². The average Bonchev–Trinajstić information content (AvgIpc) is 2.27. The fourth-order valence-electron chi connectivity index (χ4n) is 3.21. The van der Waals surface area contributed by atoms with Crippen molar-refractivity contribution in [3.63, 3.8) is 0 Å². The Morgan fingerprint density at radius 1 is 1.14 bits per heavy atom. The molecule has 2 heterocycles. The zero-order valence-corrected chi connectivity index (χ0v) is 15.9. The Labute approximate surface area is 134 Å². The number of carbonyl (C=O) groups is 1. The number of esters is 1. The predicted octanol–water partition coefficient (Wildman–Crippen LogP) is 3.77. The van der Waals surface area contributed by atoms with Crippen LogP contribution in [-0.4, -0.2) is 25.9 Å². The van der Waals surface area contributed by atoms with Crippen LogP contribution in [0, 0.1) is 11.8 Å². The molecule has 0 aromatic heterocycles. The number of rotatable bonds is 3. The molecule has 6 heteroatoms. The van der Waals surface area contributed by atoms with Gasteiger partial charge in [0, 0.05) is 32.6 Å². The highest BCUT2D eigenvalue weighted by atomic mass is 28.4. The molecule has 0 bridgehead atoms. The zero-order chi connectivity index (χ0) is 16.9. The number of ether oxygens (including phenoxy) is 3. The van der Waals surface area contributed by atoms with Crippen LogP contribution in [0.1, 0.15) is 41.0 Å². The van der Waals surface area contributed by atoms with Gasteiger partial charge in [-0.25, -0.2) is 4.79 Å². The van der Waals surface area contributed by atoms with Crippen LogP contribution in [0.15, 0.2) is 11.5 Å². The minimum atomic E-state index is -1.83. The van der Waals surface area contributed by atoms with Gasteiger partial charge in [0.25, 0.3) is 11.7 Å². The average molecular weight is 328 g/mol. The van der Waals surface area contributed by atoms with Gasteiger partial charge in [-0.05, 0) is 26.1 Å². The Hall–Kier alpha value is -1.01. The molecule has 0 fully saturated rings. The Morgan fingerprint density at radius 3 is 2.23 bits per heavy atom. The second-order valence-electron chi connectivity index (χ2n) is 7.73. The van der Waals surface area contributed by atoms with Gasteiger partial charge in [0.1, 0.15) is 5.57 Å². The fraction of sp³-hybridized carbons (Fsp3) is 0.812. The van der Waals surface area contributed by atoms with Crippen molar-refractivity contribution in [3.05, 3.63) is 11.5 Å². The lowest BCUT2D eigenvalue weighted by molar-refractivity contribution is -0.286. The highest BCUT2D eigenvalue weighted by Gasteiger charge is 2.53. The lowest BCUT2D eigenvalue weighted by Crippen LogP contribution is -2.55. The van der Waals surface area contributed by atoms with E-state index < -0.39 is 19.9 Å². The summed E-state index contributed by atoms with van der Waals surface area (Å²) in [5, 5.41) is 0. The van der Waals surface area contributed by atoms with E-state index in [9.17, 15) is 4.79 Å². The first-order valence-corrected chi connectivity index (χ1v) is 11.3. The molecule has 0 aromatic rings. The van der Waals surface area contributed by atoms with Crippen molar-refractivity contribution in [2.45, 2.75) is 72.3 Å². The van der Waals surface area contributed by atoms with Gasteiger partial charge in [0.05, 0.1) is 0 Å². The molecule has 2 rings (SSSR count). The number of cyclic esters (lactones) is 1. The van der Waals surface area contributed by atoms with Crippen LogP contribution in [0.25, 0.3) is 0 Å². The molecule has 2 aliphatic heterocycles. The molecule has 0 saturated carbocycles. The first kappa shape index (κ1) is 17.3. The summed E-state index contributed by atoms with van der Waals surface area (Å²) in [7, 11) is -1.83. The van der Waals surface area contributed by atoms with Gasteiger partial charge in [-0.3, -0.25) is 0 Å². The van der Waals surface area contributed by atoms with Crippen LogP contribution in [0.3, 0.4) is 0 Å². The van der Waals surface area contributed by atoms with Crippen LogP contribution >= 0.6 is 0 Å². The van der Waals surface area contributed by atoms with E-state index in [0.717, 1.165) is 6.42 Å². The molecule has 0 N–H and O–H groups in total. The van der Waals surface area contributed by atoms with Crippen molar-refractivity contribution in [1.82, 2.24) is 0 Å². The SMILES string of the molecule is CCC1C2=C(OC(C)(C)OC2=O)OC(C)(O[Si](C)(C)C)C1C. The van der Waals surface area contributed by atoms with Crippen LogP contribution in [0.4, 0.5) is 0 Å². The predicted molar refractivity (Wildman–Crippen MR) is 85.1 cm³/mol. The van der Waals surface area contributed by atoms with Gasteiger partial charge in [-0.2, -0.15) is 0 Å². The van der Waals surface area contributed by atoms with E-state index in [1.54, 1.807) is 13.8 Å². The Kier molecular flexibility index (Phi) is 4.15. The minimum Gasteiger partial charge on any atom is -0.433 e. The molecule has 2 aliphatic rings. The van der Waals surface area contributed by atoms with Crippen LogP contribution in [0.2, 0.25) is 19.6 Å². The fourth-order valence-corrected chi connectivity index (χ4v) is 4.65. The van der Waals surface area contributed by atoms with E-state index >= 15 is 0 Å². The van der Waals surface area contributed by atoms with E-state index in [4.69, 9.17) is 18.6 Å². The summed E-state index contributed by atoms with van der Waals surface area (Å²) in [6.45, 7) is 15.8. The van der Waals surface area contributed by atoms with E-state index in [-0.39, 0.29) is 23.8 Å². The summed E-state index contributed by atoms with van der Waals surface area (Å²) in [6, 6.07) is 0. The maximum atomic E-state index is 12.4. The summed E-state index contributed by atoms with van der Waals surface area (Å²) in [6.07, 6.45) is 0.799. The van der Waals surface area contributed by atoms with Crippen LogP contribution in [0.5, 0.6) is 0 Å². The Bertz CT molecular complexity index is 505. The van der Waals surface area contributed by atoms with Gasteiger partial charge in [-0.15, -0.1) is 0 Å². The molecular formula is C16H28O5Si. The molecule has 126 valence electrons. The van der Waals surface area contributed by atoms with Crippen molar-refractivity contribution in [2.24, 2.45) is 11.8 Å². The molecule has 0 spiro atoms. The monoisotopic (exact) mass is 328 g/mol. The summed E-state index contributed by atoms with van der Waals surface area (Å²) < 4.78 is 23.5. The van der Waals surface area contributed by atoms with Crippen molar-refractivity contribution < 1.29 is 23.4 Å². The van der Waals surface area contributed by atoms with Gasteiger partial charge < -0.3 is 18.6 Å². The van der Waals surface area contributed by atoms with Gasteiger partial charge in [0.15, 0.2) is 8.32 Å². The summed E-state index contributed by atoms with van der Waals surface area (Å²) in [4.78, 5) is 12.4. The number of hydrogen-bond donors (Lipinski definition) is 0. The van der Waals surface area contributed by atoms with E-state index in [1.807, 2.05) is 6.92 Å². The van der Waals surface area contributed by atoms with Crippen molar-refractivity contribution in [2.75, 3.05) is 0 Å². The molecule has 0 amide bonds. The molecule has 3 unspecified atom stereocenters. The third-order valence-electron chi connectivity index (χ3n) is 4.16. The van der Waals surface area contributed by atoms with E-state index in [1.165, 1.54) is 0 Å². The molecule has 5 nitrogen and oxygen atoms in total. The lowest BCUT2D eigenvalue weighted by atomic mass is 9.78. The minimum absolute atomic E-state index is 0.00583. The normalized spacial score (nSPS) is 34.5. The maximum absolute atomic E-state index is 12.4. The lowest BCUT2D eigenvalue weighted by Gasteiger charge is -2.49. The summed E-state index contributed by atoms with van der Waals surface area (Å²) in [5.74, 6) is -1.87. The largest absolute Gasteiger partial charge is 0.433 e. The zero-order valence-electron chi connectivity index (χ0n) is 14.9. The van der Waals surface area contributed by atoms with Crippen LogP contribution in [-0.2, 0) is 23.4 Å². The highest BCUT2D eigenvalue weighted by molar-refractivity contribution is 6.69. The summed E-state index contributed by atoms with van der Waals surface area (Å²) in [5.41, 5.74) is 0.506. The van der Waals surface area contributed by atoms with Gasteiger partial charge >= 0.3 is 5.97 Å². The number of hydrogen-bond acceptors (Lipinski definition) is 5.